The van der Waals surface area contributed by atoms with Gasteiger partial charge in [-0.25, -0.2) is 0 Å². The van der Waals surface area contributed by atoms with Crippen LogP contribution in [0.15, 0.2) is 41.6 Å². The highest BCUT2D eigenvalue weighted by atomic mass is 16.5. The molecule has 0 N–H and O–H groups in total. The molecule has 0 atom stereocenters. The molecule has 5 heteroatoms. The Balaban J connectivity index is 2.31. The van der Waals surface area contributed by atoms with Crippen LogP contribution in [0.25, 0.3) is 21.9 Å². The molecule has 26 heavy (non-hydrogen) atoms. The summed E-state index contributed by atoms with van der Waals surface area (Å²) >= 11 is 0. The Bertz CT molecular complexity index is 967. The van der Waals surface area contributed by atoms with Crippen LogP contribution in [0.5, 0.6) is 11.5 Å². The molecule has 136 valence electrons. The van der Waals surface area contributed by atoms with Crippen molar-refractivity contribution in [2.24, 2.45) is 0 Å². The number of fused-ring (bicyclic) bond motifs is 1. The van der Waals surface area contributed by atoms with Crippen LogP contribution >= 0.6 is 0 Å². The van der Waals surface area contributed by atoms with E-state index >= 15 is 0 Å². The average molecular weight is 352 g/mol. The second-order valence-corrected chi connectivity index (χ2v) is 6.32. The van der Waals surface area contributed by atoms with Crippen LogP contribution in [0.4, 0.5) is 0 Å². The number of methoxy groups -OCH3 is 2. The van der Waals surface area contributed by atoms with E-state index in [9.17, 15) is 4.79 Å². The van der Waals surface area contributed by atoms with Crippen molar-refractivity contribution in [3.63, 3.8) is 0 Å². The fraction of sp³-hybridized carbons (Fsp3) is 0.333. The molecule has 0 aliphatic carbocycles. The molecule has 0 aliphatic heterocycles. The average Bonchev–Trinajstić information content (AvgIpc) is 2.68. The number of hydrogen-bond acceptors (Lipinski definition) is 4. The first-order chi connectivity index (χ1) is 12.6. The van der Waals surface area contributed by atoms with E-state index in [1.807, 2.05) is 31.3 Å². The highest BCUT2D eigenvalue weighted by Crippen LogP contribution is 2.36. The van der Waals surface area contributed by atoms with Crippen molar-refractivity contribution >= 4 is 10.8 Å². The predicted molar refractivity (Wildman–Crippen MR) is 104 cm³/mol. The minimum absolute atomic E-state index is 0.00339. The number of hydrogen-bond donors (Lipinski definition) is 0. The number of pyridine rings is 2. The molecule has 0 bridgehead atoms. The zero-order chi connectivity index (χ0) is 18.7. The first kappa shape index (κ1) is 18.0. The number of unbranched alkanes of at least 4 members (excludes halogenated alkanes) is 1. The van der Waals surface area contributed by atoms with Gasteiger partial charge in [0.1, 0.15) is 11.5 Å². The Hall–Kier alpha value is -2.82. The van der Waals surface area contributed by atoms with Crippen LogP contribution in [0.2, 0.25) is 0 Å². The quantitative estimate of drug-likeness (QED) is 0.667. The van der Waals surface area contributed by atoms with Gasteiger partial charge in [0, 0.05) is 36.3 Å². The van der Waals surface area contributed by atoms with E-state index in [1.165, 1.54) is 0 Å². The van der Waals surface area contributed by atoms with Gasteiger partial charge in [0.25, 0.3) is 5.56 Å². The van der Waals surface area contributed by atoms with Crippen molar-refractivity contribution < 1.29 is 9.47 Å². The van der Waals surface area contributed by atoms with Crippen LogP contribution in [-0.4, -0.2) is 23.8 Å². The Morgan fingerprint density at radius 2 is 1.81 bits per heavy atom. The summed E-state index contributed by atoms with van der Waals surface area (Å²) in [6.07, 6.45) is 7.27. The largest absolute Gasteiger partial charge is 0.496 e. The van der Waals surface area contributed by atoms with Gasteiger partial charge in [0.2, 0.25) is 0 Å². The Labute approximate surface area is 153 Å². The smallest absolute Gasteiger partial charge is 0.260 e. The third-order valence-corrected chi connectivity index (χ3v) is 4.70. The molecule has 1 aromatic carbocycles. The predicted octanol–water partition coefficient (Wildman–Crippen LogP) is 4.19. The molecule has 0 aliphatic rings. The summed E-state index contributed by atoms with van der Waals surface area (Å²) in [5.41, 5.74) is 2.86. The number of ether oxygens (including phenoxy) is 2. The maximum absolute atomic E-state index is 12.8. The lowest BCUT2D eigenvalue weighted by molar-refractivity contribution is 0.389. The van der Waals surface area contributed by atoms with Gasteiger partial charge in [-0.2, -0.15) is 0 Å². The lowest BCUT2D eigenvalue weighted by Crippen LogP contribution is -2.20. The highest BCUT2D eigenvalue weighted by molar-refractivity contribution is 5.95. The molecule has 2 aromatic heterocycles. The van der Waals surface area contributed by atoms with Gasteiger partial charge in [-0.15, -0.1) is 0 Å². The molecule has 0 amide bonds. The molecule has 3 rings (SSSR count). The molecular weight excluding hydrogens is 328 g/mol. The Morgan fingerprint density at radius 1 is 1.12 bits per heavy atom. The van der Waals surface area contributed by atoms with Crippen molar-refractivity contribution in [3.05, 3.63) is 52.7 Å². The summed E-state index contributed by atoms with van der Waals surface area (Å²) in [6.45, 7) is 4.77. The van der Waals surface area contributed by atoms with E-state index in [4.69, 9.17) is 9.47 Å². The van der Waals surface area contributed by atoms with E-state index in [-0.39, 0.29) is 5.56 Å². The highest BCUT2D eigenvalue weighted by Gasteiger charge is 2.14. The van der Waals surface area contributed by atoms with Crippen LogP contribution in [0.3, 0.4) is 0 Å². The maximum Gasteiger partial charge on any atom is 0.260 e. The molecule has 5 nitrogen and oxygen atoms in total. The molecule has 0 saturated carbocycles. The van der Waals surface area contributed by atoms with Gasteiger partial charge in [-0.3, -0.25) is 9.78 Å². The normalized spacial score (nSPS) is 10.9. The summed E-state index contributed by atoms with van der Waals surface area (Å²) in [4.78, 5) is 16.9. The summed E-state index contributed by atoms with van der Waals surface area (Å²) in [7, 11) is 3.30. The second-order valence-electron chi connectivity index (χ2n) is 6.32. The molecule has 0 unspecified atom stereocenters. The summed E-state index contributed by atoms with van der Waals surface area (Å²) in [5, 5.41) is 1.50. The number of aryl methyl sites for hydroxylation is 1. The van der Waals surface area contributed by atoms with E-state index in [2.05, 4.69) is 11.9 Å². The first-order valence-electron chi connectivity index (χ1n) is 8.80. The zero-order valence-corrected chi connectivity index (χ0v) is 15.7. The molecule has 3 aromatic rings. The topological polar surface area (TPSA) is 53.4 Å². The van der Waals surface area contributed by atoms with Crippen molar-refractivity contribution in [2.45, 2.75) is 33.2 Å². The summed E-state index contributed by atoms with van der Waals surface area (Å²) in [6, 6.07) is 5.86. The van der Waals surface area contributed by atoms with Gasteiger partial charge < -0.3 is 14.0 Å². The monoisotopic (exact) mass is 352 g/mol. The van der Waals surface area contributed by atoms with Gasteiger partial charge >= 0.3 is 0 Å². The summed E-state index contributed by atoms with van der Waals surface area (Å²) in [5.74, 6) is 1.51. The summed E-state index contributed by atoms with van der Waals surface area (Å²) < 4.78 is 12.8. The molecule has 0 fully saturated rings. The number of aromatic nitrogens is 2. The van der Waals surface area contributed by atoms with Crippen molar-refractivity contribution in [1.29, 1.82) is 0 Å². The van der Waals surface area contributed by atoms with Gasteiger partial charge in [0.05, 0.1) is 19.6 Å². The van der Waals surface area contributed by atoms with E-state index in [0.29, 0.717) is 11.9 Å². The molecule has 0 spiro atoms. The van der Waals surface area contributed by atoms with Gasteiger partial charge in [-0.05, 0) is 42.5 Å². The fourth-order valence-corrected chi connectivity index (χ4v) is 3.20. The zero-order valence-electron chi connectivity index (χ0n) is 15.7. The molecule has 0 saturated heterocycles. The lowest BCUT2D eigenvalue weighted by Gasteiger charge is -2.16. The van der Waals surface area contributed by atoms with Crippen LogP contribution in [-0.2, 0) is 6.54 Å². The van der Waals surface area contributed by atoms with Gasteiger partial charge in [0.15, 0.2) is 0 Å². The van der Waals surface area contributed by atoms with Crippen molar-refractivity contribution in [1.82, 2.24) is 9.55 Å². The van der Waals surface area contributed by atoms with Crippen molar-refractivity contribution in [2.75, 3.05) is 14.2 Å². The molecule has 0 radical (unpaired) electrons. The van der Waals surface area contributed by atoms with Crippen LogP contribution in [0, 0.1) is 6.92 Å². The maximum atomic E-state index is 12.8. The third kappa shape index (κ3) is 3.17. The first-order valence-corrected chi connectivity index (χ1v) is 8.80. The van der Waals surface area contributed by atoms with E-state index in [0.717, 1.165) is 46.4 Å². The Kier molecular flexibility index (Phi) is 5.26. The third-order valence-electron chi connectivity index (χ3n) is 4.70. The minimum atomic E-state index is -0.00339. The van der Waals surface area contributed by atoms with Crippen molar-refractivity contribution in [3.8, 4) is 22.6 Å². The fourth-order valence-electron chi connectivity index (χ4n) is 3.20. The minimum Gasteiger partial charge on any atom is -0.496 e. The van der Waals surface area contributed by atoms with E-state index in [1.54, 1.807) is 31.2 Å². The van der Waals surface area contributed by atoms with Gasteiger partial charge in [-0.1, -0.05) is 13.3 Å². The van der Waals surface area contributed by atoms with Crippen LogP contribution in [0.1, 0.15) is 25.3 Å². The number of rotatable bonds is 6. The second kappa shape index (κ2) is 7.60. The SMILES string of the molecule is CCCCn1cc(-c2cc(OC)c(C)c(OC)c2)c2ccncc2c1=O. The van der Waals surface area contributed by atoms with E-state index < -0.39 is 0 Å². The standard InChI is InChI=1S/C21H24N2O3/c1-5-6-9-23-13-18(16-7-8-22-12-17(16)21(23)24)15-10-19(25-3)14(2)20(11-15)26-4/h7-8,10-13H,5-6,9H2,1-4H3. The number of nitrogens with zero attached hydrogens (tertiary/aromatic N) is 2. The Morgan fingerprint density at radius 3 is 2.42 bits per heavy atom. The number of benzene rings is 1. The molecule has 2 heterocycles. The van der Waals surface area contributed by atoms with Crippen LogP contribution < -0.4 is 15.0 Å². The molecular formula is C21H24N2O3. The lowest BCUT2D eigenvalue weighted by atomic mass is 9.99.